The molecule has 0 unspecified atom stereocenters. The highest BCUT2D eigenvalue weighted by atomic mass is 35.5. The number of amides is 2. The first-order valence-electron chi connectivity index (χ1n) is 6.85. The van der Waals surface area contributed by atoms with Crippen molar-refractivity contribution >= 4 is 69.6 Å². The molecule has 0 aliphatic rings. The normalized spacial score (nSPS) is 10.3. The van der Waals surface area contributed by atoms with Crippen molar-refractivity contribution in [2.75, 3.05) is 10.6 Å². The van der Waals surface area contributed by atoms with E-state index in [4.69, 9.17) is 46.4 Å². The number of anilines is 2. The Bertz CT molecular complexity index is 715. The molecule has 2 rings (SSSR count). The van der Waals surface area contributed by atoms with Gasteiger partial charge in [-0.05, 0) is 36.4 Å². The number of halogens is 4. The van der Waals surface area contributed by atoms with E-state index in [0.717, 1.165) is 0 Å². The van der Waals surface area contributed by atoms with Gasteiger partial charge in [0.2, 0.25) is 11.8 Å². The van der Waals surface area contributed by atoms with Crippen LogP contribution < -0.4 is 10.6 Å². The molecular formula is C16H12Cl4N2O2. The van der Waals surface area contributed by atoms with Gasteiger partial charge in [-0.3, -0.25) is 9.59 Å². The molecule has 0 bridgehead atoms. The molecule has 0 fully saturated rings. The maximum absolute atomic E-state index is 11.9. The van der Waals surface area contributed by atoms with Crippen LogP contribution in [0, 0.1) is 0 Å². The molecule has 0 saturated carbocycles. The smallest absolute Gasteiger partial charge is 0.224 e. The van der Waals surface area contributed by atoms with E-state index in [9.17, 15) is 9.59 Å². The zero-order valence-electron chi connectivity index (χ0n) is 12.2. The average molecular weight is 406 g/mol. The second-order valence-corrected chi connectivity index (χ2v) is 6.48. The number of carbonyl (C=O) groups excluding carboxylic acids is 2. The molecule has 0 saturated heterocycles. The first-order valence-corrected chi connectivity index (χ1v) is 8.36. The van der Waals surface area contributed by atoms with E-state index in [1.54, 1.807) is 24.3 Å². The van der Waals surface area contributed by atoms with Crippen molar-refractivity contribution in [3.63, 3.8) is 0 Å². The number of benzene rings is 2. The van der Waals surface area contributed by atoms with Crippen molar-refractivity contribution < 1.29 is 9.59 Å². The third-order valence-corrected chi connectivity index (χ3v) is 4.46. The van der Waals surface area contributed by atoms with Gasteiger partial charge < -0.3 is 10.6 Å². The zero-order chi connectivity index (χ0) is 17.7. The predicted octanol–water partition coefficient (Wildman–Crippen LogP) is 5.66. The summed E-state index contributed by atoms with van der Waals surface area (Å²) in [5.74, 6) is -0.615. The maximum Gasteiger partial charge on any atom is 0.224 e. The fourth-order valence-electron chi connectivity index (χ4n) is 1.82. The summed E-state index contributed by atoms with van der Waals surface area (Å²) < 4.78 is 0. The van der Waals surface area contributed by atoms with Gasteiger partial charge in [0.25, 0.3) is 0 Å². The first kappa shape index (κ1) is 18.9. The molecule has 24 heavy (non-hydrogen) atoms. The fourth-order valence-corrected chi connectivity index (χ4v) is 2.42. The van der Waals surface area contributed by atoms with Gasteiger partial charge in [-0.2, -0.15) is 0 Å². The van der Waals surface area contributed by atoms with Crippen molar-refractivity contribution in [1.82, 2.24) is 0 Å². The van der Waals surface area contributed by atoms with Crippen LogP contribution in [0.15, 0.2) is 36.4 Å². The first-order chi connectivity index (χ1) is 11.3. The molecular weight excluding hydrogens is 394 g/mol. The molecule has 0 heterocycles. The standard InChI is InChI=1S/C16H12Cl4N2O2/c17-11-3-1-9(7-13(11)19)21-15(23)5-6-16(24)22-10-2-4-12(18)14(20)8-10/h1-4,7-8H,5-6H2,(H,21,23)(H,22,24). The number of rotatable bonds is 5. The van der Waals surface area contributed by atoms with E-state index >= 15 is 0 Å². The van der Waals surface area contributed by atoms with E-state index in [1.807, 2.05) is 0 Å². The molecule has 0 atom stereocenters. The molecule has 2 N–H and O–H groups in total. The van der Waals surface area contributed by atoms with Crippen LogP contribution in [0.2, 0.25) is 20.1 Å². The monoisotopic (exact) mass is 404 g/mol. The largest absolute Gasteiger partial charge is 0.326 e. The minimum atomic E-state index is -0.308. The van der Waals surface area contributed by atoms with Crippen LogP contribution >= 0.6 is 46.4 Å². The summed E-state index contributed by atoms with van der Waals surface area (Å²) in [4.78, 5) is 23.7. The third kappa shape index (κ3) is 5.56. The van der Waals surface area contributed by atoms with Gasteiger partial charge in [-0.25, -0.2) is 0 Å². The molecule has 0 aliphatic heterocycles. The molecule has 0 aromatic heterocycles. The average Bonchev–Trinajstić information content (AvgIpc) is 2.53. The molecule has 8 heteroatoms. The van der Waals surface area contributed by atoms with Crippen LogP contribution in [0.25, 0.3) is 0 Å². The van der Waals surface area contributed by atoms with Crippen molar-refractivity contribution in [2.24, 2.45) is 0 Å². The number of nitrogens with one attached hydrogen (secondary N) is 2. The fraction of sp³-hybridized carbons (Fsp3) is 0.125. The summed E-state index contributed by atoms with van der Waals surface area (Å²) in [5, 5.41) is 6.77. The Balaban J connectivity index is 1.83. The van der Waals surface area contributed by atoms with Gasteiger partial charge >= 0.3 is 0 Å². The Labute approximate surface area is 159 Å². The van der Waals surface area contributed by atoms with Crippen LogP contribution in [0.3, 0.4) is 0 Å². The number of hydrogen-bond donors (Lipinski definition) is 2. The maximum atomic E-state index is 11.9. The lowest BCUT2D eigenvalue weighted by molar-refractivity contribution is -0.121. The summed E-state index contributed by atoms with van der Waals surface area (Å²) in [5.41, 5.74) is 1.03. The van der Waals surface area contributed by atoms with Gasteiger partial charge in [0, 0.05) is 24.2 Å². The molecule has 4 nitrogen and oxygen atoms in total. The Morgan fingerprint density at radius 3 is 1.38 bits per heavy atom. The van der Waals surface area contributed by atoms with E-state index in [1.165, 1.54) is 12.1 Å². The Kier molecular flexibility index (Phi) is 6.75. The van der Waals surface area contributed by atoms with Crippen molar-refractivity contribution in [3.05, 3.63) is 56.5 Å². The summed E-state index contributed by atoms with van der Waals surface area (Å²) in [6.07, 6.45) is 0.0425. The summed E-state index contributed by atoms with van der Waals surface area (Å²) >= 11 is 23.3. The van der Waals surface area contributed by atoms with Crippen molar-refractivity contribution in [1.29, 1.82) is 0 Å². The number of carbonyl (C=O) groups is 2. The van der Waals surface area contributed by atoms with E-state index in [2.05, 4.69) is 10.6 Å². The lowest BCUT2D eigenvalue weighted by atomic mass is 10.2. The Hall–Kier alpha value is -1.46. The topological polar surface area (TPSA) is 58.2 Å². The lowest BCUT2D eigenvalue weighted by Gasteiger charge is -2.08. The molecule has 2 aromatic rings. The van der Waals surface area contributed by atoms with Crippen LogP contribution in [0.5, 0.6) is 0 Å². The lowest BCUT2D eigenvalue weighted by Crippen LogP contribution is -2.17. The minimum absolute atomic E-state index is 0.0212. The quantitative estimate of drug-likeness (QED) is 0.674. The summed E-state index contributed by atoms with van der Waals surface area (Å²) in [6, 6.07) is 9.49. The highest BCUT2D eigenvalue weighted by Crippen LogP contribution is 2.26. The minimum Gasteiger partial charge on any atom is -0.326 e. The van der Waals surface area contributed by atoms with Crippen LogP contribution in [-0.2, 0) is 9.59 Å². The van der Waals surface area contributed by atoms with Gasteiger partial charge in [0.15, 0.2) is 0 Å². The summed E-state index contributed by atoms with van der Waals surface area (Å²) in [7, 11) is 0. The van der Waals surface area contributed by atoms with Gasteiger partial charge in [0.1, 0.15) is 0 Å². The van der Waals surface area contributed by atoms with E-state index in [0.29, 0.717) is 31.5 Å². The second-order valence-electron chi connectivity index (χ2n) is 4.85. The van der Waals surface area contributed by atoms with Crippen molar-refractivity contribution in [2.45, 2.75) is 12.8 Å². The second kappa shape index (κ2) is 8.58. The predicted molar refractivity (Wildman–Crippen MR) is 99.4 cm³/mol. The summed E-state index contributed by atoms with van der Waals surface area (Å²) in [6.45, 7) is 0. The molecule has 2 aromatic carbocycles. The molecule has 0 radical (unpaired) electrons. The van der Waals surface area contributed by atoms with E-state index in [-0.39, 0.29) is 24.7 Å². The Morgan fingerprint density at radius 2 is 1.04 bits per heavy atom. The SMILES string of the molecule is O=C(CCC(=O)Nc1ccc(Cl)c(Cl)c1)Nc1ccc(Cl)c(Cl)c1. The van der Waals surface area contributed by atoms with Gasteiger partial charge in [0.05, 0.1) is 20.1 Å². The third-order valence-electron chi connectivity index (χ3n) is 2.99. The molecule has 126 valence electrons. The molecule has 0 aliphatic carbocycles. The highest BCUT2D eigenvalue weighted by Gasteiger charge is 2.09. The molecule has 2 amide bonds. The van der Waals surface area contributed by atoms with Crippen LogP contribution in [0.4, 0.5) is 11.4 Å². The van der Waals surface area contributed by atoms with Crippen molar-refractivity contribution in [3.8, 4) is 0 Å². The van der Waals surface area contributed by atoms with Crippen LogP contribution in [0.1, 0.15) is 12.8 Å². The van der Waals surface area contributed by atoms with Gasteiger partial charge in [-0.15, -0.1) is 0 Å². The van der Waals surface area contributed by atoms with Crippen LogP contribution in [-0.4, -0.2) is 11.8 Å². The zero-order valence-corrected chi connectivity index (χ0v) is 15.2. The highest BCUT2D eigenvalue weighted by molar-refractivity contribution is 6.42. The number of hydrogen-bond acceptors (Lipinski definition) is 2. The van der Waals surface area contributed by atoms with Gasteiger partial charge in [-0.1, -0.05) is 46.4 Å². The Morgan fingerprint density at radius 1 is 0.667 bits per heavy atom. The van der Waals surface area contributed by atoms with E-state index < -0.39 is 0 Å². The molecule has 0 spiro atoms.